The van der Waals surface area contributed by atoms with Gasteiger partial charge in [-0.2, -0.15) is 0 Å². The zero-order chi connectivity index (χ0) is 10.8. The van der Waals surface area contributed by atoms with Gasteiger partial charge in [-0.25, -0.2) is 0 Å². The number of halogens is 1. The highest BCUT2D eigenvalue weighted by Crippen LogP contribution is 2.20. The molecule has 0 bridgehead atoms. The Morgan fingerprint density at radius 3 is 3.00 bits per heavy atom. The van der Waals surface area contributed by atoms with Gasteiger partial charge in [0.05, 0.1) is 0 Å². The van der Waals surface area contributed by atoms with Crippen molar-refractivity contribution in [3.8, 4) is 0 Å². The molecule has 0 radical (unpaired) electrons. The maximum Gasteiger partial charge on any atom is 0.289 e. The molecule has 15 heavy (non-hydrogen) atoms. The van der Waals surface area contributed by atoms with E-state index < -0.39 is 0 Å². The topological polar surface area (TPSA) is 33.5 Å². The van der Waals surface area contributed by atoms with Crippen LogP contribution in [0.4, 0.5) is 0 Å². The van der Waals surface area contributed by atoms with E-state index in [9.17, 15) is 4.79 Å². The smallest absolute Gasteiger partial charge is 0.289 e. The average molecular weight is 272 g/mol. The zero-order valence-electron chi connectivity index (χ0n) is 8.70. The van der Waals surface area contributed by atoms with Crippen LogP contribution in [0.2, 0.25) is 0 Å². The first-order chi connectivity index (χ1) is 7.20. The number of hydrogen-bond acceptors (Lipinski definition) is 2. The van der Waals surface area contributed by atoms with E-state index in [1.165, 1.54) is 0 Å². The van der Waals surface area contributed by atoms with Gasteiger partial charge in [0.25, 0.3) is 5.91 Å². The maximum atomic E-state index is 11.9. The van der Waals surface area contributed by atoms with E-state index in [-0.39, 0.29) is 5.91 Å². The molecule has 2 rings (SSSR count). The summed E-state index contributed by atoms with van der Waals surface area (Å²) in [5.41, 5.74) is 0. The van der Waals surface area contributed by atoms with Crippen LogP contribution in [0.15, 0.2) is 16.5 Å². The number of likely N-dealkylation sites (tertiary alicyclic amines) is 1. The molecule has 0 N–H and O–H groups in total. The lowest BCUT2D eigenvalue weighted by molar-refractivity contribution is 0.0755. The van der Waals surface area contributed by atoms with Crippen molar-refractivity contribution in [2.24, 2.45) is 5.92 Å². The van der Waals surface area contributed by atoms with Crippen LogP contribution >= 0.6 is 15.9 Å². The molecule has 0 aliphatic carbocycles. The number of hydrogen-bond donors (Lipinski definition) is 0. The largest absolute Gasteiger partial charge is 0.456 e. The molecule has 82 valence electrons. The van der Waals surface area contributed by atoms with E-state index in [1.807, 2.05) is 17.9 Å². The van der Waals surface area contributed by atoms with Crippen LogP contribution in [0.25, 0.3) is 0 Å². The second kappa shape index (κ2) is 4.39. The Bertz CT molecular complexity index is 361. The molecule has 1 aromatic rings. The summed E-state index contributed by atoms with van der Waals surface area (Å²) >= 11 is 3.45. The molecular weight excluding hydrogens is 258 g/mol. The highest BCUT2D eigenvalue weighted by Gasteiger charge is 2.27. The van der Waals surface area contributed by atoms with Crippen molar-refractivity contribution >= 4 is 21.8 Å². The molecule has 1 saturated heterocycles. The molecule has 1 fully saturated rings. The first-order valence-electron chi connectivity index (χ1n) is 5.12. The Hall–Kier alpha value is -0.770. The van der Waals surface area contributed by atoms with Crippen LogP contribution in [0, 0.1) is 12.8 Å². The van der Waals surface area contributed by atoms with E-state index in [2.05, 4.69) is 15.9 Å². The van der Waals surface area contributed by atoms with Crippen molar-refractivity contribution < 1.29 is 9.21 Å². The van der Waals surface area contributed by atoms with Crippen LogP contribution in [0.3, 0.4) is 0 Å². The van der Waals surface area contributed by atoms with Crippen molar-refractivity contribution in [1.82, 2.24) is 4.90 Å². The van der Waals surface area contributed by atoms with Crippen molar-refractivity contribution in [2.45, 2.75) is 13.3 Å². The lowest BCUT2D eigenvalue weighted by Gasteiger charge is -2.14. The Morgan fingerprint density at radius 1 is 1.67 bits per heavy atom. The van der Waals surface area contributed by atoms with Gasteiger partial charge in [0.15, 0.2) is 5.76 Å². The van der Waals surface area contributed by atoms with Crippen molar-refractivity contribution in [3.63, 3.8) is 0 Å². The van der Waals surface area contributed by atoms with Gasteiger partial charge in [-0.1, -0.05) is 15.9 Å². The predicted octanol–water partition coefficient (Wildman–Crippen LogP) is 2.45. The minimum Gasteiger partial charge on any atom is -0.456 e. The lowest BCUT2D eigenvalue weighted by atomic mass is 10.2. The maximum absolute atomic E-state index is 11.9. The molecule has 4 heteroatoms. The van der Waals surface area contributed by atoms with Gasteiger partial charge in [0.1, 0.15) is 5.76 Å². The molecule has 2 heterocycles. The quantitative estimate of drug-likeness (QED) is 0.775. The normalized spacial score (nSPS) is 20.9. The Labute approximate surface area is 97.6 Å². The molecule has 1 aliphatic heterocycles. The molecular formula is C11H14BrNO2. The summed E-state index contributed by atoms with van der Waals surface area (Å²) in [4.78, 5) is 13.8. The number of aryl methyl sites for hydroxylation is 1. The number of rotatable bonds is 2. The molecule has 1 unspecified atom stereocenters. The average Bonchev–Trinajstić information content (AvgIpc) is 2.84. The van der Waals surface area contributed by atoms with Crippen LogP contribution < -0.4 is 0 Å². The lowest BCUT2D eigenvalue weighted by Crippen LogP contribution is -2.28. The number of nitrogens with zero attached hydrogens (tertiary/aromatic N) is 1. The van der Waals surface area contributed by atoms with Gasteiger partial charge < -0.3 is 9.32 Å². The Morgan fingerprint density at radius 2 is 2.47 bits per heavy atom. The molecule has 0 spiro atoms. The number of amides is 1. The highest BCUT2D eigenvalue weighted by atomic mass is 79.9. The van der Waals surface area contributed by atoms with Gasteiger partial charge in [-0.05, 0) is 31.4 Å². The second-order valence-corrected chi connectivity index (χ2v) is 4.62. The fourth-order valence-corrected chi connectivity index (χ4v) is 2.38. The summed E-state index contributed by atoms with van der Waals surface area (Å²) in [6, 6.07) is 3.57. The Balaban J connectivity index is 2.03. The van der Waals surface area contributed by atoms with E-state index in [4.69, 9.17) is 4.42 Å². The number of alkyl halides is 1. The van der Waals surface area contributed by atoms with Crippen LogP contribution in [-0.4, -0.2) is 29.2 Å². The van der Waals surface area contributed by atoms with Gasteiger partial charge in [0.2, 0.25) is 0 Å². The van der Waals surface area contributed by atoms with Crippen molar-refractivity contribution in [2.75, 3.05) is 18.4 Å². The monoisotopic (exact) mass is 271 g/mol. The van der Waals surface area contributed by atoms with E-state index >= 15 is 0 Å². The van der Waals surface area contributed by atoms with Crippen LogP contribution in [0.5, 0.6) is 0 Å². The zero-order valence-corrected chi connectivity index (χ0v) is 10.3. The molecule has 1 atom stereocenters. The van der Waals surface area contributed by atoms with E-state index in [0.29, 0.717) is 11.7 Å². The molecule has 0 saturated carbocycles. The fraction of sp³-hybridized carbons (Fsp3) is 0.545. The second-order valence-electron chi connectivity index (χ2n) is 3.97. The third-order valence-corrected chi connectivity index (χ3v) is 3.66. The third kappa shape index (κ3) is 2.25. The van der Waals surface area contributed by atoms with E-state index in [1.54, 1.807) is 6.07 Å². The van der Waals surface area contributed by atoms with Crippen LogP contribution in [-0.2, 0) is 0 Å². The minimum atomic E-state index is 0.0200. The molecule has 3 nitrogen and oxygen atoms in total. The number of furan rings is 1. The highest BCUT2D eigenvalue weighted by molar-refractivity contribution is 9.09. The molecule has 1 aliphatic rings. The summed E-state index contributed by atoms with van der Waals surface area (Å²) in [6.07, 6.45) is 1.08. The van der Waals surface area contributed by atoms with Gasteiger partial charge in [-0.15, -0.1) is 0 Å². The predicted molar refractivity (Wildman–Crippen MR) is 61.2 cm³/mol. The van der Waals surface area contributed by atoms with E-state index in [0.717, 1.165) is 30.6 Å². The van der Waals surface area contributed by atoms with Crippen molar-refractivity contribution in [3.05, 3.63) is 23.7 Å². The third-order valence-electron chi connectivity index (χ3n) is 2.74. The molecule has 1 amide bonds. The molecule has 0 aromatic carbocycles. The van der Waals surface area contributed by atoms with Crippen LogP contribution in [0.1, 0.15) is 22.7 Å². The summed E-state index contributed by atoms with van der Waals surface area (Å²) in [5, 5.41) is 0.966. The first-order valence-corrected chi connectivity index (χ1v) is 6.24. The SMILES string of the molecule is Cc1ccc(C(=O)N2CCC(CBr)C2)o1. The van der Waals surface area contributed by atoms with Gasteiger partial charge in [0, 0.05) is 18.4 Å². The fourth-order valence-electron chi connectivity index (χ4n) is 1.85. The standard InChI is InChI=1S/C11H14BrNO2/c1-8-2-3-10(15-8)11(14)13-5-4-9(6-12)7-13/h2-3,9H,4-7H2,1H3. The summed E-state index contributed by atoms with van der Waals surface area (Å²) in [7, 11) is 0. The Kier molecular flexibility index (Phi) is 3.14. The number of carbonyl (C=O) groups is 1. The van der Waals surface area contributed by atoms with Crippen molar-refractivity contribution in [1.29, 1.82) is 0 Å². The minimum absolute atomic E-state index is 0.0200. The summed E-state index contributed by atoms with van der Waals surface area (Å²) in [6.45, 7) is 3.53. The summed E-state index contributed by atoms with van der Waals surface area (Å²) < 4.78 is 5.32. The summed E-state index contributed by atoms with van der Waals surface area (Å²) in [5.74, 6) is 1.86. The number of carbonyl (C=O) groups excluding carboxylic acids is 1. The van der Waals surface area contributed by atoms with Gasteiger partial charge >= 0.3 is 0 Å². The van der Waals surface area contributed by atoms with Gasteiger partial charge in [-0.3, -0.25) is 4.79 Å². The first kappa shape index (κ1) is 10.7. The molecule has 1 aromatic heterocycles.